The molecule has 7 heteroatoms. The lowest BCUT2D eigenvalue weighted by atomic mass is 9.92. The largest absolute Gasteiger partial charge is 0.507 e. The van der Waals surface area contributed by atoms with E-state index in [1.165, 1.54) is 12.0 Å². The topological polar surface area (TPSA) is 76.1 Å². The Bertz CT molecular complexity index is 1130. The van der Waals surface area contributed by atoms with Crippen LogP contribution in [0.15, 0.2) is 42.0 Å². The summed E-state index contributed by atoms with van der Waals surface area (Å²) in [6, 6.07) is 10.5. The lowest BCUT2D eigenvalue weighted by molar-refractivity contribution is -0.140. The first-order chi connectivity index (χ1) is 16.2. The Hall–Kier alpha value is -2.83. The number of amides is 1. The van der Waals surface area contributed by atoms with Crippen LogP contribution in [0.1, 0.15) is 60.9 Å². The number of ether oxygens (including phenoxy) is 2. The van der Waals surface area contributed by atoms with Gasteiger partial charge in [-0.3, -0.25) is 9.59 Å². The molecule has 34 heavy (non-hydrogen) atoms. The lowest BCUT2D eigenvalue weighted by Gasteiger charge is -2.28. The van der Waals surface area contributed by atoms with E-state index in [4.69, 9.17) is 21.1 Å². The number of halogens is 1. The van der Waals surface area contributed by atoms with Gasteiger partial charge in [-0.15, -0.1) is 0 Å². The fourth-order valence-electron chi connectivity index (χ4n) is 4.74. The number of nitrogens with zero attached hydrogens (tertiary/aromatic N) is 1. The highest BCUT2D eigenvalue weighted by atomic mass is 35.5. The summed E-state index contributed by atoms with van der Waals surface area (Å²) >= 11 is 6.36. The quantitative estimate of drug-likeness (QED) is 0.339. The van der Waals surface area contributed by atoms with Gasteiger partial charge in [0, 0.05) is 13.2 Å². The highest BCUT2D eigenvalue weighted by molar-refractivity contribution is 6.46. The summed E-state index contributed by atoms with van der Waals surface area (Å²) in [5, 5.41) is 11.7. The van der Waals surface area contributed by atoms with Crippen molar-refractivity contribution in [2.75, 3.05) is 20.3 Å². The standard InChI is InChI=1S/C27H30ClNO5/c1-15(2)17-7-9-18(10-8-17)23-22(24(30)20-12-16(3)13-21(28)26(20)33-4)25(31)27(32)29(23)14-19-6-5-11-34-19/h7-10,12-13,15,19,23,30H,5-6,11,14H2,1-4H3/b24-22+. The molecule has 0 spiro atoms. The van der Waals surface area contributed by atoms with Crippen LogP contribution in [0.25, 0.3) is 5.76 Å². The Morgan fingerprint density at radius 2 is 1.94 bits per heavy atom. The molecule has 0 aliphatic carbocycles. The second-order valence-electron chi connectivity index (χ2n) is 9.24. The number of hydrogen-bond donors (Lipinski definition) is 1. The molecule has 180 valence electrons. The van der Waals surface area contributed by atoms with Crippen LogP contribution in [0.3, 0.4) is 0 Å². The third kappa shape index (κ3) is 4.44. The summed E-state index contributed by atoms with van der Waals surface area (Å²) in [4.78, 5) is 28.0. The molecule has 1 N–H and O–H groups in total. The van der Waals surface area contributed by atoms with Crippen LogP contribution in [0.4, 0.5) is 0 Å². The molecule has 1 amide bonds. The number of Topliss-reactive ketones (excluding diaryl/α,β-unsaturated/α-hetero) is 1. The van der Waals surface area contributed by atoms with E-state index in [-0.39, 0.29) is 35.3 Å². The highest BCUT2D eigenvalue weighted by Crippen LogP contribution is 2.43. The number of aryl methyl sites for hydroxylation is 1. The number of aliphatic hydroxyl groups excluding tert-OH is 1. The fourth-order valence-corrected chi connectivity index (χ4v) is 5.09. The molecule has 2 aromatic carbocycles. The van der Waals surface area contributed by atoms with Crippen molar-refractivity contribution in [2.24, 2.45) is 0 Å². The number of aliphatic hydroxyl groups is 1. The Balaban J connectivity index is 1.88. The van der Waals surface area contributed by atoms with Gasteiger partial charge in [-0.25, -0.2) is 0 Å². The normalized spacial score (nSPS) is 22.1. The molecular weight excluding hydrogens is 454 g/mol. The molecule has 2 unspecified atom stereocenters. The summed E-state index contributed by atoms with van der Waals surface area (Å²) in [6.07, 6.45) is 1.60. The first-order valence-electron chi connectivity index (χ1n) is 11.6. The molecule has 0 radical (unpaired) electrons. The highest BCUT2D eigenvalue weighted by Gasteiger charge is 2.47. The van der Waals surface area contributed by atoms with E-state index in [2.05, 4.69) is 13.8 Å². The van der Waals surface area contributed by atoms with Gasteiger partial charge in [0.2, 0.25) is 0 Å². The van der Waals surface area contributed by atoms with E-state index in [0.717, 1.165) is 29.5 Å². The Morgan fingerprint density at radius 3 is 2.53 bits per heavy atom. The Labute approximate surface area is 205 Å². The predicted octanol–water partition coefficient (Wildman–Crippen LogP) is 5.38. The zero-order chi connectivity index (χ0) is 24.6. The molecule has 2 atom stereocenters. The maximum atomic E-state index is 13.3. The van der Waals surface area contributed by atoms with Gasteiger partial charge in [0.25, 0.3) is 11.7 Å². The first-order valence-corrected chi connectivity index (χ1v) is 11.9. The van der Waals surface area contributed by atoms with Gasteiger partial charge in [-0.2, -0.15) is 0 Å². The van der Waals surface area contributed by atoms with E-state index >= 15 is 0 Å². The van der Waals surface area contributed by atoms with E-state index in [9.17, 15) is 14.7 Å². The van der Waals surface area contributed by atoms with Crippen LogP contribution in [0.2, 0.25) is 5.02 Å². The molecule has 2 aromatic rings. The van der Waals surface area contributed by atoms with E-state index in [0.29, 0.717) is 17.5 Å². The Kier molecular flexibility index (Phi) is 7.01. The molecule has 4 rings (SSSR count). The summed E-state index contributed by atoms with van der Waals surface area (Å²) in [7, 11) is 1.45. The zero-order valence-corrected chi connectivity index (χ0v) is 20.7. The van der Waals surface area contributed by atoms with Crippen LogP contribution in [-0.2, 0) is 14.3 Å². The van der Waals surface area contributed by atoms with Crippen molar-refractivity contribution in [3.63, 3.8) is 0 Å². The van der Waals surface area contributed by atoms with Gasteiger partial charge in [0.15, 0.2) is 0 Å². The van der Waals surface area contributed by atoms with Gasteiger partial charge in [0.05, 0.1) is 35.4 Å². The number of hydrogen-bond acceptors (Lipinski definition) is 5. The maximum absolute atomic E-state index is 13.3. The second-order valence-corrected chi connectivity index (χ2v) is 9.64. The SMILES string of the molecule is COc1c(Cl)cc(C)cc1/C(O)=C1\C(=O)C(=O)N(CC2CCCO2)C1c1ccc(C(C)C)cc1. The van der Waals surface area contributed by atoms with Gasteiger partial charge >= 0.3 is 0 Å². The average Bonchev–Trinajstić information content (AvgIpc) is 3.40. The minimum Gasteiger partial charge on any atom is -0.507 e. The third-order valence-electron chi connectivity index (χ3n) is 6.53. The zero-order valence-electron chi connectivity index (χ0n) is 19.9. The van der Waals surface area contributed by atoms with Gasteiger partial charge in [-0.05, 0) is 54.5 Å². The molecule has 2 heterocycles. The van der Waals surface area contributed by atoms with Gasteiger partial charge in [0.1, 0.15) is 11.5 Å². The summed E-state index contributed by atoms with van der Waals surface area (Å²) in [5.74, 6) is -1.08. The molecule has 2 saturated heterocycles. The molecular formula is C27H30ClNO5. The van der Waals surface area contributed by atoms with Crippen molar-refractivity contribution in [1.82, 2.24) is 4.90 Å². The van der Waals surface area contributed by atoms with Crippen molar-refractivity contribution in [3.8, 4) is 5.75 Å². The van der Waals surface area contributed by atoms with Crippen LogP contribution >= 0.6 is 11.6 Å². The monoisotopic (exact) mass is 483 g/mol. The van der Waals surface area contributed by atoms with E-state index in [1.807, 2.05) is 31.2 Å². The van der Waals surface area contributed by atoms with Crippen molar-refractivity contribution in [3.05, 3.63) is 69.2 Å². The summed E-state index contributed by atoms with van der Waals surface area (Å²) in [5.41, 5.74) is 3.00. The number of ketones is 1. The molecule has 2 fully saturated rings. The van der Waals surface area contributed by atoms with Crippen LogP contribution < -0.4 is 4.74 Å². The maximum Gasteiger partial charge on any atom is 0.295 e. The van der Waals surface area contributed by atoms with Crippen LogP contribution in [-0.4, -0.2) is 48.1 Å². The van der Waals surface area contributed by atoms with Crippen molar-refractivity contribution in [2.45, 2.75) is 51.7 Å². The number of carbonyl (C=O) groups excluding carboxylic acids is 2. The molecule has 2 aliphatic rings. The lowest BCUT2D eigenvalue weighted by Crippen LogP contribution is -2.36. The molecule has 0 aromatic heterocycles. The molecule has 6 nitrogen and oxygen atoms in total. The number of rotatable bonds is 6. The number of carbonyl (C=O) groups is 2. The first kappa shape index (κ1) is 24.3. The van der Waals surface area contributed by atoms with Crippen LogP contribution in [0, 0.1) is 6.92 Å². The second kappa shape index (κ2) is 9.80. The van der Waals surface area contributed by atoms with Crippen molar-refractivity contribution < 1.29 is 24.2 Å². The van der Waals surface area contributed by atoms with Crippen molar-refractivity contribution in [1.29, 1.82) is 0 Å². The van der Waals surface area contributed by atoms with Crippen LogP contribution in [0.5, 0.6) is 5.75 Å². The molecule has 2 aliphatic heterocycles. The minimum atomic E-state index is -0.741. The number of methoxy groups -OCH3 is 1. The summed E-state index contributed by atoms with van der Waals surface area (Å²) < 4.78 is 11.2. The predicted molar refractivity (Wildman–Crippen MR) is 131 cm³/mol. The fraction of sp³-hybridized carbons (Fsp3) is 0.407. The average molecular weight is 484 g/mol. The number of benzene rings is 2. The van der Waals surface area contributed by atoms with E-state index in [1.54, 1.807) is 12.1 Å². The van der Waals surface area contributed by atoms with E-state index < -0.39 is 17.7 Å². The van der Waals surface area contributed by atoms with Gasteiger partial charge in [-0.1, -0.05) is 49.7 Å². The smallest absolute Gasteiger partial charge is 0.295 e. The summed E-state index contributed by atoms with van der Waals surface area (Å²) in [6.45, 7) is 6.96. The number of likely N-dealkylation sites (tertiary alicyclic amines) is 1. The third-order valence-corrected chi connectivity index (χ3v) is 6.81. The minimum absolute atomic E-state index is 0.0280. The Morgan fingerprint density at radius 1 is 1.24 bits per heavy atom. The van der Waals surface area contributed by atoms with Crippen molar-refractivity contribution >= 4 is 29.1 Å². The van der Waals surface area contributed by atoms with Gasteiger partial charge < -0.3 is 19.5 Å². The molecule has 0 bridgehead atoms. The molecule has 0 saturated carbocycles.